The van der Waals surface area contributed by atoms with Crippen molar-refractivity contribution < 1.29 is 9.18 Å². The summed E-state index contributed by atoms with van der Waals surface area (Å²) in [7, 11) is 0. The number of carbonyl (C=O) groups is 1. The highest BCUT2D eigenvalue weighted by atomic mass is 79.9. The van der Waals surface area contributed by atoms with Crippen molar-refractivity contribution in [3.05, 3.63) is 81.2 Å². The molecule has 2 aromatic carbocycles. The van der Waals surface area contributed by atoms with Crippen LogP contribution in [0.2, 0.25) is 0 Å². The quantitative estimate of drug-likeness (QED) is 0.626. The fourth-order valence-electron chi connectivity index (χ4n) is 3.45. The van der Waals surface area contributed by atoms with Crippen LogP contribution in [0.15, 0.2) is 53.0 Å². The summed E-state index contributed by atoms with van der Waals surface area (Å²) in [6.07, 6.45) is 0.661. The second kappa shape index (κ2) is 7.46. The van der Waals surface area contributed by atoms with E-state index in [4.69, 9.17) is 5.73 Å². The van der Waals surface area contributed by atoms with Crippen LogP contribution < -0.4 is 5.73 Å². The zero-order valence-electron chi connectivity index (χ0n) is 14.7. The Balaban J connectivity index is 2.06. The summed E-state index contributed by atoms with van der Waals surface area (Å²) in [5.41, 5.74) is 10.8. The minimum Gasteiger partial charge on any atom is -0.366 e. The number of hydrogen-bond acceptors (Lipinski definition) is 1. The fourth-order valence-corrected chi connectivity index (χ4v) is 3.72. The molecule has 134 valence electrons. The Labute approximate surface area is 160 Å². The summed E-state index contributed by atoms with van der Waals surface area (Å²) in [6.45, 7) is 4.46. The summed E-state index contributed by atoms with van der Waals surface area (Å²) < 4.78 is 16.5. The topological polar surface area (TPSA) is 48.0 Å². The molecule has 3 rings (SSSR count). The summed E-state index contributed by atoms with van der Waals surface area (Å²) in [4.78, 5) is 12.0. The Kier molecular flexibility index (Phi) is 5.28. The van der Waals surface area contributed by atoms with E-state index in [9.17, 15) is 9.18 Å². The molecule has 3 aromatic rings. The molecule has 0 saturated carbocycles. The maximum Gasteiger partial charge on any atom is 0.250 e. The number of amides is 1. The Bertz CT molecular complexity index is 961. The molecule has 0 aliphatic rings. The van der Waals surface area contributed by atoms with Crippen molar-refractivity contribution in [2.45, 2.75) is 26.8 Å². The summed E-state index contributed by atoms with van der Waals surface area (Å²) in [6, 6.07) is 14.6. The lowest BCUT2D eigenvalue weighted by Gasteiger charge is -2.13. The zero-order valence-corrected chi connectivity index (χ0v) is 16.3. The van der Waals surface area contributed by atoms with Gasteiger partial charge < -0.3 is 10.3 Å². The number of benzene rings is 2. The first kappa shape index (κ1) is 18.4. The highest BCUT2D eigenvalue weighted by molar-refractivity contribution is 9.10. The highest BCUT2D eigenvalue weighted by Gasteiger charge is 2.21. The Morgan fingerprint density at radius 3 is 2.46 bits per heavy atom. The lowest BCUT2D eigenvalue weighted by Crippen LogP contribution is -2.13. The molecular formula is C21H20BrFN2O. The van der Waals surface area contributed by atoms with Gasteiger partial charge in [-0.3, -0.25) is 4.79 Å². The molecule has 0 radical (unpaired) electrons. The molecule has 0 spiro atoms. The number of nitrogens with two attached hydrogens (primary N) is 1. The molecular weight excluding hydrogens is 395 g/mol. The Morgan fingerprint density at radius 2 is 1.85 bits per heavy atom. The normalized spacial score (nSPS) is 10.9. The standard InChI is InChI=1S/C21H20BrFN2O/c1-13-19(21(24)26)14(2)25(11-10-15-4-3-5-18(23)12-15)20(13)16-6-8-17(22)9-7-16/h3-9,12H,10-11H2,1-2H3,(H2,24,26). The van der Waals surface area contributed by atoms with E-state index in [0.29, 0.717) is 18.5 Å². The van der Waals surface area contributed by atoms with E-state index in [2.05, 4.69) is 20.5 Å². The van der Waals surface area contributed by atoms with E-state index >= 15 is 0 Å². The maximum atomic E-state index is 13.5. The van der Waals surface area contributed by atoms with Gasteiger partial charge in [-0.2, -0.15) is 0 Å². The number of carbonyl (C=O) groups excluding carboxylic acids is 1. The minimum atomic E-state index is -0.428. The molecule has 1 aromatic heterocycles. The van der Waals surface area contributed by atoms with Crippen LogP contribution in [0.3, 0.4) is 0 Å². The van der Waals surface area contributed by atoms with Crippen LogP contribution in [0, 0.1) is 19.7 Å². The van der Waals surface area contributed by atoms with Gasteiger partial charge in [0.25, 0.3) is 5.91 Å². The van der Waals surface area contributed by atoms with Crippen LogP contribution in [0.5, 0.6) is 0 Å². The van der Waals surface area contributed by atoms with Gasteiger partial charge in [-0.25, -0.2) is 4.39 Å². The van der Waals surface area contributed by atoms with E-state index in [1.807, 2.05) is 44.2 Å². The largest absolute Gasteiger partial charge is 0.366 e. The molecule has 0 atom stereocenters. The first-order chi connectivity index (χ1) is 12.4. The van der Waals surface area contributed by atoms with Crippen LogP contribution >= 0.6 is 15.9 Å². The van der Waals surface area contributed by atoms with Crippen molar-refractivity contribution in [2.24, 2.45) is 5.73 Å². The molecule has 0 saturated heterocycles. The molecule has 3 nitrogen and oxygen atoms in total. The van der Waals surface area contributed by atoms with Crippen molar-refractivity contribution in [1.82, 2.24) is 4.57 Å². The predicted octanol–water partition coefficient (Wildman–Crippen LogP) is 5.02. The van der Waals surface area contributed by atoms with Gasteiger partial charge in [0.1, 0.15) is 5.82 Å². The molecule has 0 aliphatic heterocycles. The Hall–Kier alpha value is -2.40. The SMILES string of the molecule is Cc1c(C(N)=O)c(C)n(CCc2cccc(F)c2)c1-c1ccc(Br)cc1. The average molecular weight is 415 g/mol. The average Bonchev–Trinajstić information content (AvgIpc) is 2.84. The number of primary amides is 1. The van der Waals surface area contributed by atoms with Crippen LogP contribution in [0.25, 0.3) is 11.3 Å². The number of aryl methyl sites for hydroxylation is 1. The third-order valence-corrected chi connectivity index (χ3v) is 5.17. The van der Waals surface area contributed by atoms with Crippen LogP contribution in [0.4, 0.5) is 4.39 Å². The van der Waals surface area contributed by atoms with Crippen molar-refractivity contribution >= 4 is 21.8 Å². The first-order valence-electron chi connectivity index (χ1n) is 8.38. The van der Waals surface area contributed by atoms with E-state index < -0.39 is 5.91 Å². The number of aromatic nitrogens is 1. The molecule has 0 aliphatic carbocycles. The molecule has 0 bridgehead atoms. The molecule has 0 fully saturated rings. The number of rotatable bonds is 5. The monoisotopic (exact) mass is 414 g/mol. The molecule has 1 amide bonds. The zero-order chi connectivity index (χ0) is 18.8. The summed E-state index contributed by atoms with van der Waals surface area (Å²) in [5, 5.41) is 0. The van der Waals surface area contributed by atoms with Crippen molar-refractivity contribution in [3.63, 3.8) is 0 Å². The van der Waals surface area contributed by atoms with Gasteiger partial charge in [-0.1, -0.05) is 40.2 Å². The molecule has 0 unspecified atom stereocenters. The highest BCUT2D eigenvalue weighted by Crippen LogP contribution is 2.32. The third-order valence-electron chi connectivity index (χ3n) is 4.64. The second-order valence-corrected chi connectivity index (χ2v) is 7.25. The minimum absolute atomic E-state index is 0.242. The Morgan fingerprint density at radius 1 is 1.15 bits per heavy atom. The van der Waals surface area contributed by atoms with Gasteiger partial charge in [0, 0.05) is 16.7 Å². The van der Waals surface area contributed by atoms with E-state index in [1.165, 1.54) is 6.07 Å². The van der Waals surface area contributed by atoms with Gasteiger partial charge >= 0.3 is 0 Å². The smallest absolute Gasteiger partial charge is 0.250 e. The van der Waals surface area contributed by atoms with Crippen molar-refractivity contribution in [1.29, 1.82) is 0 Å². The van der Waals surface area contributed by atoms with Gasteiger partial charge in [0.05, 0.1) is 11.3 Å². The third kappa shape index (κ3) is 3.58. The maximum absolute atomic E-state index is 13.5. The van der Waals surface area contributed by atoms with Gasteiger partial charge in [0.2, 0.25) is 0 Å². The second-order valence-electron chi connectivity index (χ2n) is 6.34. The van der Waals surface area contributed by atoms with Crippen LogP contribution in [0.1, 0.15) is 27.2 Å². The molecule has 1 heterocycles. The first-order valence-corrected chi connectivity index (χ1v) is 9.17. The van der Waals surface area contributed by atoms with E-state index in [1.54, 1.807) is 12.1 Å². The lowest BCUT2D eigenvalue weighted by atomic mass is 10.0. The fraction of sp³-hybridized carbons (Fsp3) is 0.190. The molecule has 26 heavy (non-hydrogen) atoms. The summed E-state index contributed by atoms with van der Waals surface area (Å²) in [5.74, 6) is -0.670. The van der Waals surface area contributed by atoms with Gasteiger partial charge in [-0.15, -0.1) is 0 Å². The summed E-state index contributed by atoms with van der Waals surface area (Å²) >= 11 is 3.45. The van der Waals surface area contributed by atoms with E-state index in [-0.39, 0.29) is 5.82 Å². The molecule has 5 heteroatoms. The van der Waals surface area contributed by atoms with Crippen LogP contribution in [-0.2, 0) is 13.0 Å². The lowest BCUT2D eigenvalue weighted by molar-refractivity contribution is 0.0999. The number of halogens is 2. The predicted molar refractivity (Wildman–Crippen MR) is 106 cm³/mol. The van der Waals surface area contributed by atoms with Crippen molar-refractivity contribution in [3.8, 4) is 11.3 Å². The van der Waals surface area contributed by atoms with E-state index in [0.717, 1.165) is 32.6 Å². The number of nitrogens with zero attached hydrogens (tertiary/aromatic N) is 1. The van der Waals surface area contributed by atoms with Crippen LogP contribution in [-0.4, -0.2) is 10.5 Å². The van der Waals surface area contributed by atoms with Crippen molar-refractivity contribution in [2.75, 3.05) is 0 Å². The van der Waals surface area contributed by atoms with Gasteiger partial charge in [-0.05, 0) is 61.2 Å². The van der Waals surface area contributed by atoms with Gasteiger partial charge in [0.15, 0.2) is 0 Å². The number of hydrogen-bond donors (Lipinski definition) is 1. The molecule has 2 N–H and O–H groups in total.